The molecule has 0 radical (unpaired) electrons. The van der Waals surface area contributed by atoms with Gasteiger partial charge >= 0.3 is 0 Å². The van der Waals surface area contributed by atoms with Gasteiger partial charge in [-0.15, -0.1) is 0 Å². The third-order valence-corrected chi connectivity index (χ3v) is 15.3. The van der Waals surface area contributed by atoms with E-state index in [0.717, 1.165) is 77.0 Å². The average molecular weight is 1160 g/mol. The summed E-state index contributed by atoms with van der Waals surface area (Å²) < 4.78 is 34.2. The fourth-order valence-electron chi connectivity index (χ4n) is 10.2. The minimum Gasteiger partial charge on any atom is -0.394 e. The number of unbranched alkanes of at least 4 members (excludes halogenated alkanes) is 21. The van der Waals surface area contributed by atoms with Crippen LogP contribution in [0.15, 0.2) is 60.8 Å². The summed E-state index contributed by atoms with van der Waals surface area (Å²) in [7, 11) is 0. The van der Waals surface area contributed by atoms with Crippen molar-refractivity contribution in [2.45, 2.75) is 298 Å². The lowest BCUT2D eigenvalue weighted by molar-refractivity contribution is -0.379. The van der Waals surface area contributed by atoms with Crippen molar-refractivity contribution >= 4 is 5.91 Å². The Bertz CT molecular complexity index is 1710. The molecule has 0 spiro atoms. The van der Waals surface area contributed by atoms with Crippen molar-refractivity contribution in [2.75, 3.05) is 26.4 Å². The number of carbonyl (C=O) groups excluding carboxylic acids is 1. The van der Waals surface area contributed by atoms with E-state index in [1.165, 1.54) is 89.9 Å². The highest BCUT2D eigenvalue weighted by atomic mass is 16.8. The molecule has 0 aliphatic carbocycles. The van der Waals surface area contributed by atoms with E-state index in [0.29, 0.717) is 6.42 Å². The molecule has 0 bridgehead atoms. The Morgan fingerprint density at radius 3 is 1.33 bits per heavy atom. The van der Waals surface area contributed by atoms with Gasteiger partial charge in [0.25, 0.3) is 0 Å². The number of ether oxygens (including phenoxy) is 6. The molecule has 3 fully saturated rings. The number of hydrogen-bond acceptors (Lipinski definition) is 18. The normalized spacial score (nSPS) is 30.2. The zero-order chi connectivity index (χ0) is 59.0. The standard InChI is InChI=1S/C62H109NO18/c1-3-5-7-9-11-13-14-15-16-17-18-19-20-21-22-23-24-25-26-27-28-29-30-32-34-36-38-40-50(68)63-45(46(67)39-37-35-33-31-12-10-8-6-4-2)44-76-60-56(74)53(71)58(48(42-65)78-60)81-62-57(75)54(72)59(49(43-66)79-62)80-61-55(73)52(70)51(69)47(41-64)77-61/h5,7,11,13,15-16,18-19,37,39,45-49,51-62,64-67,69-75H,3-4,6,8-10,12,14,17,20-36,38,40-44H2,1-2H3,(H,63,68)/b7-5-,13-11-,16-15-,19-18-,39-37+. The van der Waals surface area contributed by atoms with Crippen LogP contribution >= 0.6 is 0 Å². The second-order valence-electron chi connectivity index (χ2n) is 22.1. The minimum atomic E-state index is -1.98. The second kappa shape index (κ2) is 44.9. The molecule has 470 valence electrons. The number of aliphatic hydroxyl groups is 11. The van der Waals surface area contributed by atoms with Crippen molar-refractivity contribution in [2.24, 2.45) is 0 Å². The molecule has 3 heterocycles. The number of allylic oxidation sites excluding steroid dienone is 9. The summed E-state index contributed by atoms with van der Waals surface area (Å²) >= 11 is 0. The van der Waals surface area contributed by atoms with Crippen LogP contribution in [0, 0.1) is 0 Å². The number of hydrogen-bond donors (Lipinski definition) is 12. The van der Waals surface area contributed by atoms with Gasteiger partial charge in [-0.1, -0.05) is 190 Å². The quantitative estimate of drug-likeness (QED) is 0.0244. The van der Waals surface area contributed by atoms with E-state index in [-0.39, 0.29) is 18.9 Å². The Balaban J connectivity index is 1.40. The van der Waals surface area contributed by atoms with Crippen LogP contribution in [0.4, 0.5) is 0 Å². The summed E-state index contributed by atoms with van der Waals surface area (Å²) in [5.74, 6) is -0.281. The highest BCUT2D eigenvalue weighted by molar-refractivity contribution is 5.76. The molecule has 19 heteroatoms. The first kappa shape index (κ1) is 72.7. The van der Waals surface area contributed by atoms with Crippen molar-refractivity contribution in [3.05, 3.63) is 60.8 Å². The first-order valence-electron chi connectivity index (χ1n) is 31.0. The molecule has 81 heavy (non-hydrogen) atoms. The Morgan fingerprint density at radius 2 is 0.852 bits per heavy atom. The summed E-state index contributed by atoms with van der Waals surface area (Å²) in [5.41, 5.74) is 0. The molecule has 3 rings (SSSR count). The van der Waals surface area contributed by atoms with E-state index in [2.05, 4.69) is 67.8 Å². The predicted molar refractivity (Wildman–Crippen MR) is 309 cm³/mol. The summed E-state index contributed by atoms with van der Waals surface area (Å²) in [6.45, 7) is 1.56. The molecule has 1 amide bonds. The number of carbonyl (C=O) groups is 1. The SMILES string of the molecule is CC/C=C\C/C=C\C/C=C\C/C=C\CCCCCCCCCCCCCCCCC(=O)NC(COC1OC(CO)C(OC2OC(CO)C(OC3OC(CO)C(O)C(O)C3O)C(O)C2O)C(O)C1O)C(O)/C=C/CCCCCCCCC. The molecule has 3 aliphatic rings. The van der Waals surface area contributed by atoms with E-state index < -0.39 is 124 Å². The number of nitrogens with one attached hydrogen (secondary N) is 1. The minimum absolute atomic E-state index is 0.240. The Morgan fingerprint density at radius 1 is 0.457 bits per heavy atom. The molecule has 3 aliphatic heterocycles. The van der Waals surface area contributed by atoms with Crippen LogP contribution in [0.25, 0.3) is 0 Å². The maximum absolute atomic E-state index is 13.3. The second-order valence-corrected chi connectivity index (χ2v) is 22.1. The molecule has 0 aromatic carbocycles. The van der Waals surface area contributed by atoms with Crippen LogP contribution in [0.3, 0.4) is 0 Å². The molecule has 0 saturated carbocycles. The zero-order valence-corrected chi connectivity index (χ0v) is 49.0. The van der Waals surface area contributed by atoms with E-state index in [4.69, 9.17) is 28.4 Å². The summed E-state index contributed by atoms with van der Waals surface area (Å²) in [5, 5.41) is 120. The zero-order valence-electron chi connectivity index (χ0n) is 49.0. The van der Waals surface area contributed by atoms with Gasteiger partial charge in [0.15, 0.2) is 18.9 Å². The molecule has 17 atom stereocenters. The first-order chi connectivity index (χ1) is 39.3. The molecule has 0 aromatic rings. The van der Waals surface area contributed by atoms with Gasteiger partial charge in [0.2, 0.25) is 5.91 Å². The van der Waals surface area contributed by atoms with E-state index in [1.807, 2.05) is 6.08 Å². The van der Waals surface area contributed by atoms with Gasteiger partial charge in [-0.3, -0.25) is 4.79 Å². The van der Waals surface area contributed by atoms with Gasteiger partial charge in [0, 0.05) is 6.42 Å². The van der Waals surface area contributed by atoms with Crippen molar-refractivity contribution < 1.29 is 89.4 Å². The van der Waals surface area contributed by atoms with Gasteiger partial charge in [0.05, 0.1) is 38.6 Å². The summed E-state index contributed by atoms with van der Waals surface area (Å²) in [6, 6.07) is -0.972. The van der Waals surface area contributed by atoms with Crippen LogP contribution in [0.1, 0.15) is 194 Å². The third-order valence-electron chi connectivity index (χ3n) is 15.3. The molecule has 17 unspecified atom stereocenters. The van der Waals surface area contributed by atoms with Crippen LogP contribution < -0.4 is 5.32 Å². The largest absolute Gasteiger partial charge is 0.394 e. The van der Waals surface area contributed by atoms with Gasteiger partial charge in [0.1, 0.15) is 73.2 Å². The van der Waals surface area contributed by atoms with Crippen LogP contribution in [-0.4, -0.2) is 193 Å². The van der Waals surface area contributed by atoms with Crippen molar-refractivity contribution in [1.29, 1.82) is 0 Å². The Hall–Kier alpha value is -2.51. The Kier molecular flexibility index (Phi) is 40.3. The van der Waals surface area contributed by atoms with Crippen molar-refractivity contribution in [1.82, 2.24) is 5.32 Å². The monoisotopic (exact) mass is 1160 g/mol. The van der Waals surface area contributed by atoms with Gasteiger partial charge in [-0.2, -0.15) is 0 Å². The van der Waals surface area contributed by atoms with Crippen LogP contribution in [0.5, 0.6) is 0 Å². The predicted octanol–water partition coefficient (Wildman–Crippen LogP) is 6.04. The lowest BCUT2D eigenvalue weighted by atomic mass is 9.96. The fourth-order valence-corrected chi connectivity index (χ4v) is 10.2. The van der Waals surface area contributed by atoms with Crippen molar-refractivity contribution in [3.63, 3.8) is 0 Å². The van der Waals surface area contributed by atoms with Gasteiger partial charge in [-0.25, -0.2) is 0 Å². The smallest absolute Gasteiger partial charge is 0.220 e. The van der Waals surface area contributed by atoms with Gasteiger partial charge in [-0.05, 0) is 57.8 Å². The Labute approximate surface area is 484 Å². The molecule has 19 nitrogen and oxygen atoms in total. The molecular weight excluding hydrogens is 1050 g/mol. The van der Waals surface area contributed by atoms with E-state index in [1.54, 1.807) is 6.08 Å². The molecule has 3 saturated heterocycles. The van der Waals surface area contributed by atoms with Crippen molar-refractivity contribution in [3.8, 4) is 0 Å². The van der Waals surface area contributed by atoms with Crippen LogP contribution in [0.2, 0.25) is 0 Å². The highest BCUT2D eigenvalue weighted by Gasteiger charge is 2.53. The number of aliphatic hydroxyl groups excluding tert-OH is 11. The molecule has 12 N–H and O–H groups in total. The fraction of sp³-hybridized carbons (Fsp3) is 0.823. The maximum Gasteiger partial charge on any atom is 0.220 e. The van der Waals surface area contributed by atoms with E-state index in [9.17, 15) is 61.0 Å². The lowest BCUT2D eigenvalue weighted by Gasteiger charge is -2.48. The summed E-state index contributed by atoms with van der Waals surface area (Å²) in [4.78, 5) is 13.3. The van der Waals surface area contributed by atoms with Crippen LogP contribution in [-0.2, 0) is 33.2 Å². The average Bonchev–Trinajstić information content (AvgIpc) is 3.47. The topological polar surface area (TPSA) is 307 Å². The third kappa shape index (κ3) is 28.5. The molecular formula is C62H109NO18. The number of amides is 1. The highest BCUT2D eigenvalue weighted by Crippen LogP contribution is 2.33. The number of rotatable bonds is 45. The van der Waals surface area contributed by atoms with E-state index >= 15 is 0 Å². The first-order valence-corrected chi connectivity index (χ1v) is 31.0. The lowest BCUT2D eigenvalue weighted by Crippen LogP contribution is -2.66. The summed E-state index contributed by atoms with van der Waals surface area (Å²) in [6.07, 6.45) is 25.2. The van der Waals surface area contributed by atoms with Gasteiger partial charge < -0.3 is 89.9 Å². The maximum atomic E-state index is 13.3. The molecule has 0 aromatic heterocycles.